The van der Waals surface area contributed by atoms with E-state index in [1.807, 2.05) is 31.2 Å². The number of carboxylic acid groups (broad SMARTS) is 1. The van der Waals surface area contributed by atoms with Crippen molar-refractivity contribution < 1.29 is 19.5 Å². The van der Waals surface area contributed by atoms with Crippen LogP contribution in [0.5, 0.6) is 0 Å². The van der Waals surface area contributed by atoms with Crippen molar-refractivity contribution in [3.63, 3.8) is 0 Å². The van der Waals surface area contributed by atoms with Gasteiger partial charge in [-0.15, -0.1) is 0 Å². The van der Waals surface area contributed by atoms with E-state index in [2.05, 4.69) is 5.32 Å². The number of rotatable bonds is 3. The molecule has 6 heteroatoms. The number of nitrogens with zero attached hydrogens (tertiary/aromatic N) is 1. The predicted octanol–water partition coefficient (Wildman–Crippen LogP) is 1.89. The van der Waals surface area contributed by atoms with Gasteiger partial charge in [-0.05, 0) is 44.2 Å². The van der Waals surface area contributed by atoms with Crippen LogP contribution in [0.15, 0.2) is 36.4 Å². The minimum atomic E-state index is -0.982. The summed E-state index contributed by atoms with van der Waals surface area (Å²) < 4.78 is 0. The molecule has 1 aromatic carbocycles. The Morgan fingerprint density at radius 1 is 1.16 bits per heavy atom. The van der Waals surface area contributed by atoms with E-state index in [1.54, 1.807) is 12.1 Å². The Morgan fingerprint density at radius 2 is 1.88 bits per heavy atom. The lowest BCUT2D eigenvalue weighted by molar-refractivity contribution is -0.150. The molecule has 2 aliphatic heterocycles. The first-order chi connectivity index (χ1) is 12.0. The van der Waals surface area contributed by atoms with E-state index in [4.69, 9.17) is 0 Å². The van der Waals surface area contributed by atoms with E-state index in [9.17, 15) is 19.5 Å². The van der Waals surface area contributed by atoms with Crippen molar-refractivity contribution in [2.45, 2.75) is 50.7 Å². The van der Waals surface area contributed by atoms with Gasteiger partial charge in [0.1, 0.15) is 12.1 Å². The number of hydrogen-bond acceptors (Lipinski definition) is 3. The molecule has 0 spiro atoms. The number of carbonyl (C=O) groups is 3. The summed E-state index contributed by atoms with van der Waals surface area (Å²) in [6.07, 6.45) is 6.02. The molecule has 0 bridgehead atoms. The summed E-state index contributed by atoms with van der Waals surface area (Å²) in [6.45, 7) is 1.84. The third-order valence-corrected chi connectivity index (χ3v) is 4.98. The lowest BCUT2D eigenvalue weighted by Gasteiger charge is -2.32. The van der Waals surface area contributed by atoms with E-state index in [0.717, 1.165) is 5.56 Å². The minimum absolute atomic E-state index is 0.108. The maximum absolute atomic E-state index is 13.0. The fourth-order valence-electron chi connectivity index (χ4n) is 3.64. The Morgan fingerprint density at radius 3 is 2.60 bits per heavy atom. The van der Waals surface area contributed by atoms with Gasteiger partial charge in [0.2, 0.25) is 5.91 Å². The number of carbonyl (C=O) groups excluding carboxylic acids is 2. The molecule has 3 atom stereocenters. The number of benzene rings is 1. The minimum Gasteiger partial charge on any atom is -0.480 e. The van der Waals surface area contributed by atoms with Crippen molar-refractivity contribution in [2.75, 3.05) is 0 Å². The first-order valence-corrected chi connectivity index (χ1v) is 8.55. The van der Waals surface area contributed by atoms with Crippen LogP contribution in [0.4, 0.5) is 0 Å². The van der Waals surface area contributed by atoms with Crippen molar-refractivity contribution in [1.29, 1.82) is 0 Å². The molecule has 0 saturated carbocycles. The maximum Gasteiger partial charge on any atom is 0.326 e. The number of aliphatic carboxylic acids is 1. The highest BCUT2D eigenvalue weighted by Crippen LogP contribution is 2.29. The molecule has 0 aliphatic carbocycles. The molecule has 0 aromatic heterocycles. The highest BCUT2D eigenvalue weighted by Gasteiger charge is 2.43. The molecule has 25 heavy (non-hydrogen) atoms. The van der Waals surface area contributed by atoms with Gasteiger partial charge in [-0.3, -0.25) is 9.59 Å². The number of aryl methyl sites for hydroxylation is 1. The predicted molar refractivity (Wildman–Crippen MR) is 92.1 cm³/mol. The largest absolute Gasteiger partial charge is 0.480 e. The molecule has 132 valence electrons. The number of amides is 2. The van der Waals surface area contributed by atoms with Gasteiger partial charge in [0.15, 0.2) is 0 Å². The Hall–Kier alpha value is -2.63. The first kappa shape index (κ1) is 17.2. The molecule has 3 rings (SSSR count). The second kappa shape index (κ2) is 7.09. The van der Waals surface area contributed by atoms with Crippen LogP contribution in [0.3, 0.4) is 0 Å². The molecule has 2 aliphatic rings. The zero-order valence-electron chi connectivity index (χ0n) is 14.1. The standard InChI is InChI=1S/C19H22N2O4/c1-12-6-2-4-8-14(12)17(22)20-15-9-5-3-7-13-10-11-16(19(24)25)21(13)18(15)23/h2-6,8,13,15-16H,7,9-11H2,1H3,(H,20,22)(H,24,25)/b5-3-/t13-,15+,16+/m1/s1. The second-order valence-corrected chi connectivity index (χ2v) is 6.61. The second-order valence-electron chi connectivity index (χ2n) is 6.61. The topological polar surface area (TPSA) is 86.7 Å². The molecule has 0 unspecified atom stereocenters. The van der Waals surface area contributed by atoms with Crippen molar-refractivity contribution in [3.8, 4) is 0 Å². The molecule has 2 amide bonds. The van der Waals surface area contributed by atoms with Gasteiger partial charge in [0.05, 0.1) is 0 Å². The van der Waals surface area contributed by atoms with E-state index in [-0.39, 0.29) is 17.9 Å². The quantitative estimate of drug-likeness (QED) is 0.821. The molecule has 2 N–H and O–H groups in total. The van der Waals surface area contributed by atoms with E-state index < -0.39 is 18.1 Å². The number of carboxylic acids is 1. The lowest BCUT2D eigenvalue weighted by atomic mass is 10.0. The molecule has 0 radical (unpaired) electrons. The monoisotopic (exact) mass is 342 g/mol. The number of nitrogens with one attached hydrogen (secondary N) is 1. The first-order valence-electron chi connectivity index (χ1n) is 8.55. The van der Waals surface area contributed by atoms with Crippen LogP contribution in [-0.4, -0.2) is 45.9 Å². The van der Waals surface area contributed by atoms with Crippen molar-refractivity contribution in [3.05, 3.63) is 47.5 Å². The van der Waals surface area contributed by atoms with Gasteiger partial charge in [-0.1, -0.05) is 30.4 Å². The van der Waals surface area contributed by atoms with Crippen LogP contribution < -0.4 is 5.32 Å². The maximum atomic E-state index is 13.0. The van der Waals surface area contributed by atoms with Gasteiger partial charge in [-0.2, -0.15) is 0 Å². The average Bonchev–Trinajstić information content (AvgIpc) is 2.99. The SMILES string of the molecule is Cc1ccccc1C(=O)N[C@H]1C/C=C\C[C@@H]2CC[C@@H](C(=O)O)N2C1=O. The molecular weight excluding hydrogens is 320 g/mol. The van der Waals surface area contributed by atoms with E-state index in [0.29, 0.717) is 31.2 Å². The van der Waals surface area contributed by atoms with Gasteiger partial charge in [0, 0.05) is 11.6 Å². The van der Waals surface area contributed by atoms with Gasteiger partial charge in [-0.25, -0.2) is 4.79 Å². The summed E-state index contributed by atoms with van der Waals surface area (Å²) in [7, 11) is 0. The van der Waals surface area contributed by atoms with E-state index in [1.165, 1.54) is 4.90 Å². The zero-order valence-corrected chi connectivity index (χ0v) is 14.1. The summed E-state index contributed by atoms with van der Waals surface area (Å²) in [5.74, 6) is -1.60. The van der Waals surface area contributed by atoms with Crippen molar-refractivity contribution in [2.24, 2.45) is 0 Å². The van der Waals surface area contributed by atoms with Crippen molar-refractivity contribution in [1.82, 2.24) is 10.2 Å². The third kappa shape index (κ3) is 3.43. The molecular formula is C19H22N2O4. The normalized spacial score (nSPS) is 27.2. The summed E-state index contributed by atoms with van der Waals surface area (Å²) in [4.78, 5) is 38.5. The third-order valence-electron chi connectivity index (χ3n) is 4.98. The summed E-state index contributed by atoms with van der Waals surface area (Å²) in [6, 6.07) is 5.52. The van der Waals surface area contributed by atoms with Crippen LogP contribution in [-0.2, 0) is 9.59 Å². The average molecular weight is 342 g/mol. The summed E-state index contributed by atoms with van der Waals surface area (Å²) in [5, 5.41) is 12.2. The number of fused-ring (bicyclic) bond motifs is 1. The molecule has 1 fully saturated rings. The fraction of sp³-hybridized carbons (Fsp3) is 0.421. The smallest absolute Gasteiger partial charge is 0.326 e. The van der Waals surface area contributed by atoms with Crippen LogP contribution in [0.25, 0.3) is 0 Å². The lowest BCUT2D eigenvalue weighted by Crippen LogP contribution is -2.54. The fourth-order valence-corrected chi connectivity index (χ4v) is 3.64. The van der Waals surface area contributed by atoms with Gasteiger partial charge >= 0.3 is 5.97 Å². The van der Waals surface area contributed by atoms with Gasteiger partial charge in [0.25, 0.3) is 5.91 Å². The highest BCUT2D eigenvalue weighted by molar-refractivity contribution is 5.99. The Labute approximate surface area is 146 Å². The molecule has 1 saturated heterocycles. The van der Waals surface area contributed by atoms with Crippen LogP contribution in [0.1, 0.15) is 41.6 Å². The van der Waals surface area contributed by atoms with E-state index >= 15 is 0 Å². The number of hydrogen-bond donors (Lipinski definition) is 2. The Balaban J connectivity index is 1.82. The molecule has 6 nitrogen and oxygen atoms in total. The zero-order chi connectivity index (χ0) is 18.0. The molecule has 1 aromatic rings. The van der Waals surface area contributed by atoms with Gasteiger partial charge < -0.3 is 15.3 Å². The van der Waals surface area contributed by atoms with Crippen LogP contribution in [0, 0.1) is 6.92 Å². The summed E-state index contributed by atoms with van der Waals surface area (Å²) in [5.41, 5.74) is 1.35. The Kier molecular flexibility index (Phi) is 4.88. The Bertz CT molecular complexity index is 728. The highest BCUT2D eigenvalue weighted by atomic mass is 16.4. The van der Waals surface area contributed by atoms with Crippen molar-refractivity contribution >= 4 is 17.8 Å². The van der Waals surface area contributed by atoms with Crippen LogP contribution in [0.2, 0.25) is 0 Å². The summed E-state index contributed by atoms with van der Waals surface area (Å²) >= 11 is 0. The van der Waals surface area contributed by atoms with Crippen LogP contribution >= 0.6 is 0 Å². The molecule has 2 heterocycles.